The lowest BCUT2D eigenvalue weighted by Gasteiger charge is -2.34. The Morgan fingerprint density at radius 3 is 2.45 bits per heavy atom. The van der Waals surface area contributed by atoms with Gasteiger partial charge in [0.15, 0.2) is 0 Å². The lowest BCUT2D eigenvalue weighted by molar-refractivity contribution is -0.136. The van der Waals surface area contributed by atoms with E-state index in [2.05, 4.69) is 5.32 Å². The highest BCUT2D eigenvalue weighted by Gasteiger charge is 2.34. The lowest BCUT2D eigenvalue weighted by Crippen LogP contribution is -2.49. The molecule has 1 heterocycles. The molecule has 0 radical (unpaired) electrons. The highest BCUT2D eigenvalue weighted by Crippen LogP contribution is 2.27. The number of piperidine rings is 1. The van der Waals surface area contributed by atoms with Crippen LogP contribution >= 0.6 is 0 Å². The maximum atomic E-state index is 12.4. The van der Waals surface area contributed by atoms with E-state index in [-0.39, 0.29) is 29.8 Å². The molecule has 3 N–H and O–H groups in total. The maximum Gasteiger partial charge on any atom is 0.227 e. The first kappa shape index (κ1) is 15.3. The van der Waals surface area contributed by atoms with Crippen LogP contribution in [0.3, 0.4) is 0 Å². The van der Waals surface area contributed by atoms with Gasteiger partial charge in [-0.1, -0.05) is 13.3 Å². The third-order valence-corrected chi connectivity index (χ3v) is 4.54. The summed E-state index contributed by atoms with van der Waals surface area (Å²) in [6.45, 7) is 3.50. The van der Waals surface area contributed by atoms with Crippen molar-refractivity contribution in [1.29, 1.82) is 0 Å². The molecule has 2 atom stereocenters. The fourth-order valence-corrected chi connectivity index (χ4v) is 3.30. The number of carbonyl (C=O) groups excluding carboxylic acids is 2. The molecular formula is C15H27N3O2. The SMILES string of the molecule is CCCC(=O)NC1CCN(C(=O)C2CCCC2N)CC1. The first-order valence-electron chi connectivity index (χ1n) is 7.95. The second kappa shape index (κ2) is 7.07. The van der Waals surface area contributed by atoms with Crippen molar-refractivity contribution in [3.8, 4) is 0 Å². The standard InChI is InChI=1S/C15H27N3O2/c1-2-4-14(19)17-11-7-9-18(10-8-11)15(20)12-5-3-6-13(12)16/h11-13H,2-10,16H2,1H3,(H,17,19). The Balaban J connectivity index is 1.76. The summed E-state index contributed by atoms with van der Waals surface area (Å²) in [5.41, 5.74) is 6.01. The van der Waals surface area contributed by atoms with Gasteiger partial charge in [0.1, 0.15) is 0 Å². The molecule has 2 aliphatic rings. The molecule has 2 amide bonds. The summed E-state index contributed by atoms with van der Waals surface area (Å²) in [5.74, 6) is 0.393. The van der Waals surface area contributed by atoms with Crippen molar-refractivity contribution in [2.24, 2.45) is 11.7 Å². The third-order valence-electron chi connectivity index (χ3n) is 4.54. The topological polar surface area (TPSA) is 75.4 Å². The van der Waals surface area contributed by atoms with E-state index in [1.165, 1.54) is 0 Å². The lowest BCUT2D eigenvalue weighted by atomic mass is 9.99. The Kier molecular flexibility index (Phi) is 5.40. The van der Waals surface area contributed by atoms with Crippen molar-refractivity contribution in [3.05, 3.63) is 0 Å². The molecule has 2 fully saturated rings. The van der Waals surface area contributed by atoms with E-state index in [0.717, 1.165) is 51.6 Å². The molecular weight excluding hydrogens is 254 g/mol. The van der Waals surface area contributed by atoms with E-state index < -0.39 is 0 Å². The van der Waals surface area contributed by atoms with Crippen LogP contribution in [-0.4, -0.2) is 41.9 Å². The van der Waals surface area contributed by atoms with Crippen LogP contribution in [0.25, 0.3) is 0 Å². The van der Waals surface area contributed by atoms with Gasteiger partial charge in [0.05, 0.1) is 5.92 Å². The predicted molar refractivity (Wildman–Crippen MR) is 78.0 cm³/mol. The Bertz CT molecular complexity index is 351. The van der Waals surface area contributed by atoms with Crippen LogP contribution in [0.2, 0.25) is 0 Å². The number of amides is 2. The minimum atomic E-state index is 0.0289. The molecule has 0 aromatic heterocycles. The first-order chi connectivity index (χ1) is 9.61. The van der Waals surface area contributed by atoms with Crippen LogP contribution in [0.15, 0.2) is 0 Å². The molecule has 1 saturated carbocycles. The number of hydrogen-bond donors (Lipinski definition) is 2. The summed E-state index contributed by atoms with van der Waals surface area (Å²) in [6, 6.07) is 0.278. The zero-order valence-electron chi connectivity index (χ0n) is 12.4. The summed E-state index contributed by atoms with van der Waals surface area (Å²) in [6.07, 6.45) is 6.18. The van der Waals surface area contributed by atoms with Crippen molar-refractivity contribution < 1.29 is 9.59 Å². The number of carbonyl (C=O) groups is 2. The van der Waals surface area contributed by atoms with E-state index in [0.29, 0.717) is 6.42 Å². The van der Waals surface area contributed by atoms with Crippen LogP contribution in [0.5, 0.6) is 0 Å². The summed E-state index contributed by atoms with van der Waals surface area (Å²) in [4.78, 5) is 25.9. The van der Waals surface area contributed by atoms with Gasteiger partial charge in [-0.25, -0.2) is 0 Å². The van der Waals surface area contributed by atoms with Gasteiger partial charge in [0, 0.05) is 31.6 Å². The fraction of sp³-hybridized carbons (Fsp3) is 0.867. The van der Waals surface area contributed by atoms with Gasteiger partial charge in [-0.3, -0.25) is 9.59 Å². The van der Waals surface area contributed by atoms with Gasteiger partial charge >= 0.3 is 0 Å². The molecule has 0 bridgehead atoms. The zero-order valence-corrected chi connectivity index (χ0v) is 12.4. The summed E-state index contributed by atoms with van der Waals surface area (Å²) < 4.78 is 0. The second-order valence-corrected chi connectivity index (χ2v) is 6.12. The van der Waals surface area contributed by atoms with Crippen molar-refractivity contribution in [1.82, 2.24) is 10.2 Å². The number of hydrogen-bond acceptors (Lipinski definition) is 3. The summed E-state index contributed by atoms with van der Waals surface area (Å²) >= 11 is 0. The number of nitrogens with two attached hydrogens (primary N) is 1. The average molecular weight is 281 g/mol. The van der Waals surface area contributed by atoms with Gasteiger partial charge in [-0.05, 0) is 32.1 Å². The molecule has 2 unspecified atom stereocenters. The first-order valence-corrected chi connectivity index (χ1v) is 7.95. The quantitative estimate of drug-likeness (QED) is 0.808. The highest BCUT2D eigenvalue weighted by atomic mass is 16.2. The number of nitrogens with one attached hydrogen (secondary N) is 1. The largest absolute Gasteiger partial charge is 0.353 e. The van der Waals surface area contributed by atoms with Crippen molar-refractivity contribution >= 4 is 11.8 Å². The van der Waals surface area contributed by atoms with E-state index in [1.807, 2.05) is 11.8 Å². The number of likely N-dealkylation sites (tertiary alicyclic amines) is 1. The van der Waals surface area contributed by atoms with Crippen LogP contribution in [0, 0.1) is 5.92 Å². The van der Waals surface area contributed by atoms with Crippen molar-refractivity contribution in [2.75, 3.05) is 13.1 Å². The summed E-state index contributed by atoms with van der Waals surface area (Å²) in [7, 11) is 0. The second-order valence-electron chi connectivity index (χ2n) is 6.12. The van der Waals surface area contributed by atoms with Gasteiger partial charge in [-0.2, -0.15) is 0 Å². The predicted octanol–water partition coefficient (Wildman–Crippen LogP) is 1.02. The Hall–Kier alpha value is -1.10. The molecule has 5 heteroatoms. The van der Waals surface area contributed by atoms with E-state index in [4.69, 9.17) is 5.73 Å². The molecule has 1 aliphatic heterocycles. The normalized spacial score (nSPS) is 27.6. The van der Waals surface area contributed by atoms with Gasteiger partial charge in [0.25, 0.3) is 0 Å². The molecule has 5 nitrogen and oxygen atoms in total. The van der Waals surface area contributed by atoms with Gasteiger partial charge in [-0.15, -0.1) is 0 Å². The van der Waals surface area contributed by atoms with E-state index in [1.54, 1.807) is 0 Å². The molecule has 114 valence electrons. The van der Waals surface area contributed by atoms with E-state index >= 15 is 0 Å². The van der Waals surface area contributed by atoms with Crippen LogP contribution < -0.4 is 11.1 Å². The molecule has 0 spiro atoms. The number of nitrogens with zero attached hydrogens (tertiary/aromatic N) is 1. The van der Waals surface area contributed by atoms with Crippen LogP contribution in [0.1, 0.15) is 51.9 Å². The van der Waals surface area contributed by atoms with Crippen molar-refractivity contribution in [3.63, 3.8) is 0 Å². The monoisotopic (exact) mass is 281 g/mol. The van der Waals surface area contributed by atoms with Crippen LogP contribution in [0.4, 0.5) is 0 Å². The third kappa shape index (κ3) is 3.72. The molecule has 20 heavy (non-hydrogen) atoms. The molecule has 0 aromatic rings. The minimum absolute atomic E-state index is 0.0289. The molecule has 2 rings (SSSR count). The molecule has 1 saturated heterocycles. The number of rotatable bonds is 4. The molecule has 1 aliphatic carbocycles. The Morgan fingerprint density at radius 1 is 1.20 bits per heavy atom. The highest BCUT2D eigenvalue weighted by molar-refractivity contribution is 5.80. The molecule has 0 aromatic carbocycles. The van der Waals surface area contributed by atoms with Gasteiger partial charge < -0.3 is 16.0 Å². The van der Waals surface area contributed by atoms with Crippen LogP contribution in [-0.2, 0) is 9.59 Å². The Morgan fingerprint density at radius 2 is 1.90 bits per heavy atom. The fourth-order valence-electron chi connectivity index (χ4n) is 3.30. The zero-order chi connectivity index (χ0) is 14.5. The maximum absolute atomic E-state index is 12.4. The van der Waals surface area contributed by atoms with Gasteiger partial charge in [0.2, 0.25) is 11.8 Å². The average Bonchev–Trinajstić information content (AvgIpc) is 2.85. The Labute approximate surface area is 121 Å². The van der Waals surface area contributed by atoms with E-state index in [9.17, 15) is 9.59 Å². The van der Waals surface area contributed by atoms with Crippen molar-refractivity contribution in [2.45, 2.75) is 64.0 Å². The summed E-state index contributed by atoms with van der Waals surface area (Å²) in [5, 5.41) is 3.06. The smallest absolute Gasteiger partial charge is 0.227 e. The minimum Gasteiger partial charge on any atom is -0.353 e.